The quantitative estimate of drug-likeness (QED) is 0.469. The molecule has 2 saturated heterocycles. The molecular formula is C7H13N2-. The van der Waals surface area contributed by atoms with Gasteiger partial charge in [-0.2, -0.15) is 0 Å². The summed E-state index contributed by atoms with van der Waals surface area (Å²) in [6, 6.07) is 0. The second-order valence-corrected chi connectivity index (χ2v) is 3.29. The molecule has 0 unspecified atom stereocenters. The van der Waals surface area contributed by atoms with Crippen LogP contribution in [0.25, 0.3) is 5.32 Å². The van der Waals surface area contributed by atoms with Gasteiger partial charge in [0, 0.05) is 0 Å². The first-order valence-electron chi connectivity index (χ1n) is 3.68. The van der Waals surface area contributed by atoms with Crippen molar-refractivity contribution in [2.45, 2.75) is 18.4 Å². The summed E-state index contributed by atoms with van der Waals surface area (Å²) in [5.74, 6) is 0. The zero-order chi connectivity index (χ0) is 6.32. The van der Waals surface area contributed by atoms with Gasteiger partial charge in [0.2, 0.25) is 0 Å². The smallest absolute Gasteiger partial charge is 0.00170 e. The van der Waals surface area contributed by atoms with Crippen LogP contribution in [-0.4, -0.2) is 37.1 Å². The Hall–Kier alpha value is -0.0800. The van der Waals surface area contributed by atoms with Crippen molar-refractivity contribution in [1.29, 1.82) is 0 Å². The van der Waals surface area contributed by atoms with Gasteiger partial charge in [0.05, 0.1) is 0 Å². The predicted octanol–water partition coefficient (Wildman–Crippen LogP) is 0.838. The van der Waals surface area contributed by atoms with Gasteiger partial charge in [-0.15, -0.1) is 13.1 Å². The van der Waals surface area contributed by atoms with Gasteiger partial charge in [0.25, 0.3) is 0 Å². The van der Waals surface area contributed by atoms with Crippen LogP contribution in [0.1, 0.15) is 12.8 Å². The molecule has 2 heterocycles. The number of likely N-dealkylation sites (N-methyl/N-ethyl adjacent to an activating group) is 1. The standard InChI is InChI=1S/C7H13N2/c1-9-4-2-3-7(9)5-8-6-7/h2-6H2,1H3/q-1. The van der Waals surface area contributed by atoms with Crippen LogP contribution in [0.4, 0.5) is 0 Å². The molecule has 0 amide bonds. The van der Waals surface area contributed by atoms with E-state index in [9.17, 15) is 0 Å². The highest BCUT2D eigenvalue weighted by Gasteiger charge is 2.36. The molecule has 1 spiro atoms. The molecular weight excluding hydrogens is 112 g/mol. The lowest BCUT2D eigenvalue weighted by Gasteiger charge is -2.56. The molecule has 0 aliphatic carbocycles. The highest BCUT2D eigenvalue weighted by molar-refractivity contribution is 5.18. The van der Waals surface area contributed by atoms with E-state index in [-0.39, 0.29) is 0 Å². The van der Waals surface area contributed by atoms with Crippen LogP contribution in [0.5, 0.6) is 0 Å². The molecule has 0 bridgehead atoms. The van der Waals surface area contributed by atoms with Gasteiger partial charge in [0.1, 0.15) is 0 Å². The van der Waals surface area contributed by atoms with E-state index in [1.807, 2.05) is 0 Å². The van der Waals surface area contributed by atoms with E-state index < -0.39 is 0 Å². The summed E-state index contributed by atoms with van der Waals surface area (Å²) in [7, 11) is 2.22. The van der Waals surface area contributed by atoms with Gasteiger partial charge in [-0.05, 0) is 32.0 Å². The van der Waals surface area contributed by atoms with Gasteiger partial charge in [-0.1, -0.05) is 0 Å². The fourth-order valence-electron chi connectivity index (χ4n) is 1.84. The zero-order valence-electron chi connectivity index (χ0n) is 5.93. The van der Waals surface area contributed by atoms with E-state index in [4.69, 9.17) is 0 Å². The fraction of sp³-hybridized carbons (Fsp3) is 1.00. The molecule has 2 heteroatoms. The average molecular weight is 125 g/mol. The van der Waals surface area contributed by atoms with Crippen LogP contribution in [-0.2, 0) is 0 Å². The molecule has 9 heavy (non-hydrogen) atoms. The molecule has 2 aliphatic heterocycles. The Labute approximate surface area is 56.2 Å². The van der Waals surface area contributed by atoms with Gasteiger partial charge in [0.15, 0.2) is 0 Å². The van der Waals surface area contributed by atoms with E-state index in [0.717, 1.165) is 13.1 Å². The highest BCUT2D eigenvalue weighted by Crippen LogP contribution is 2.36. The third kappa shape index (κ3) is 0.634. The maximum atomic E-state index is 4.26. The Bertz CT molecular complexity index is 118. The van der Waals surface area contributed by atoms with E-state index >= 15 is 0 Å². The number of hydrogen-bond donors (Lipinski definition) is 0. The van der Waals surface area contributed by atoms with Gasteiger partial charge >= 0.3 is 0 Å². The Morgan fingerprint density at radius 3 is 2.44 bits per heavy atom. The summed E-state index contributed by atoms with van der Waals surface area (Å²) < 4.78 is 0. The lowest BCUT2D eigenvalue weighted by Crippen LogP contribution is -2.54. The molecule has 52 valence electrons. The van der Waals surface area contributed by atoms with Crippen molar-refractivity contribution in [3.8, 4) is 0 Å². The lowest BCUT2D eigenvalue weighted by atomic mass is 9.90. The van der Waals surface area contributed by atoms with Crippen molar-refractivity contribution >= 4 is 0 Å². The number of hydrogen-bond acceptors (Lipinski definition) is 1. The Kier molecular flexibility index (Phi) is 1.08. The topological polar surface area (TPSA) is 17.3 Å². The summed E-state index contributed by atoms with van der Waals surface area (Å²) in [5.41, 5.74) is 0.542. The SMILES string of the molecule is CN1CCCC12C[N-]C2. The number of nitrogens with zero attached hydrogens (tertiary/aromatic N) is 2. The molecule has 0 radical (unpaired) electrons. The van der Waals surface area contributed by atoms with Crippen LogP contribution >= 0.6 is 0 Å². The third-order valence-corrected chi connectivity index (χ3v) is 2.76. The summed E-state index contributed by atoms with van der Waals surface area (Å²) in [5, 5.41) is 4.26. The summed E-state index contributed by atoms with van der Waals surface area (Å²) in [6.07, 6.45) is 2.76. The first-order chi connectivity index (χ1) is 4.33. The largest absolute Gasteiger partial charge is 0.659 e. The molecule has 0 aromatic rings. The molecule has 0 atom stereocenters. The monoisotopic (exact) mass is 125 g/mol. The number of likely N-dealkylation sites (tertiary alicyclic amines) is 1. The minimum atomic E-state index is 0.542. The van der Waals surface area contributed by atoms with Crippen molar-refractivity contribution in [3.05, 3.63) is 5.32 Å². The van der Waals surface area contributed by atoms with E-state index in [1.54, 1.807) is 0 Å². The molecule has 2 fully saturated rings. The second kappa shape index (κ2) is 1.70. The zero-order valence-corrected chi connectivity index (χ0v) is 5.93. The normalized spacial score (nSPS) is 33.0. The fourth-order valence-corrected chi connectivity index (χ4v) is 1.84. The molecule has 0 aromatic heterocycles. The van der Waals surface area contributed by atoms with Crippen molar-refractivity contribution in [2.24, 2.45) is 0 Å². The van der Waals surface area contributed by atoms with Crippen LogP contribution < -0.4 is 0 Å². The van der Waals surface area contributed by atoms with Gasteiger partial charge < -0.3 is 10.2 Å². The van der Waals surface area contributed by atoms with Crippen LogP contribution in [0, 0.1) is 0 Å². The lowest BCUT2D eigenvalue weighted by molar-refractivity contribution is 0.169. The van der Waals surface area contributed by atoms with E-state index in [1.165, 1.54) is 19.4 Å². The van der Waals surface area contributed by atoms with Crippen molar-refractivity contribution in [3.63, 3.8) is 0 Å². The molecule has 0 aromatic carbocycles. The van der Waals surface area contributed by atoms with E-state index in [2.05, 4.69) is 17.3 Å². The summed E-state index contributed by atoms with van der Waals surface area (Å²) in [4.78, 5) is 2.47. The minimum absolute atomic E-state index is 0.542. The molecule has 2 nitrogen and oxygen atoms in total. The predicted molar refractivity (Wildman–Crippen MR) is 37.7 cm³/mol. The summed E-state index contributed by atoms with van der Waals surface area (Å²) in [6.45, 7) is 3.49. The average Bonchev–Trinajstić information content (AvgIpc) is 2.07. The molecule has 2 aliphatic rings. The minimum Gasteiger partial charge on any atom is -0.659 e. The first-order valence-corrected chi connectivity index (χ1v) is 3.68. The molecule has 2 rings (SSSR count). The van der Waals surface area contributed by atoms with Gasteiger partial charge in [-0.25, -0.2) is 0 Å². The van der Waals surface area contributed by atoms with Crippen LogP contribution in [0.3, 0.4) is 0 Å². The van der Waals surface area contributed by atoms with E-state index in [0.29, 0.717) is 5.54 Å². The van der Waals surface area contributed by atoms with Crippen molar-refractivity contribution in [1.82, 2.24) is 4.90 Å². The highest BCUT2D eigenvalue weighted by atomic mass is 15.3. The van der Waals surface area contributed by atoms with Crippen molar-refractivity contribution in [2.75, 3.05) is 26.7 Å². The van der Waals surface area contributed by atoms with Crippen molar-refractivity contribution < 1.29 is 0 Å². The second-order valence-electron chi connectivity index (χ2n) is 3.29. The van der Waals surface area contributed by atoms with Gasteiger partial charge in [-0.3, -0.25) is 0 Å². The first kappa shape index (κ1) is 5.69. The number of rotatable bonds is 0. The van der Waals surface area contributed by atoms with Crippen LogP contribution in [0.2, 0.25) is 0 Å². The van der Waals surface area contributed by atoms with Crippen LogP contribution in [0.15, 0.2) is 0 Å². The Balaban J connectivity index is 2.09. The maximum Gasteiger partial charge on any atom is -0.00170 e. The Morgan fingerprint density at radius 2 is 2.22 bits per heavy atom. The molecule has 0 saturated carbocycles. The Morgan fingerprint density at radius 1 is 1.44 bits per heavy atom. The summed E-state index contributed by atoms with van der Waals surface area (Å²) >= 11 is 0. The third-order valence-electron chi connectivity index (χ3n) is 2.76. The maximum absolute atomic E-state index is 4.26. The molecule has 0 N–H and O–H groups in total.